The van der Waals surface area contributed by atoms with Gasteiger partial charge in [-0.3, -0.25) is 9.59 Å². The summed E-state index contributed by atoms with van der Waals surface area (Å²) in [6.07, 6.45) is 0.361. The number of halogens is 1. The minimum absolute atomic E-state index is 0.0476. The van der Waals surface area contributed by atoms with Crippen LogP contribution in [-0.4, -0.2) is 49.2 Å². The van der Waals surface area contributed by atoms with Crippen LogP contribution in [0, 0.1) is 13.8 Å². The van der Waals surface area contributed by atoms with Gasteiger partial charge in [0.25, 0.3) is 0 Å². The second kappa shape index (κ2) is 7.11. The van der Waals surface area contributed by atoms with E-state index in [2.05, 4.69) is 5.32 Å². The number of benzene rings is 1. The smallest absolute Gasteiger partial charge is 0.313 e. The standard InChI is InChI=1S/C16H21ClN2O4S/c1-4-19(12-5-6-24(22,23)9-12)16(21)15(20)18-14-11(3)7-10(2)8-13(14)17/h7-8,12H,4-6,9H2,1-3H3,(H,18,20). The van der Waals surface area contributed by atoms with Crippen molar-refractivity contribution in [2.24, 2.45) is 0 Å². The van der Waals surface area contributed by atoms with E-state index in [1.165, 1.54) is 4.90 Å². The van der Waals surface area contributed by atoms with Crippen LogP contribution >= 0.6 is 11.6 Å². The summed E-state index contributed by atoms with van der Waals surface area (Å²) < 4.78 is 23.2. The van der Waals surface area contributed by atoms with Gasteiger partial charge >= 0.3 is 11.8 Å². The van der Waals surface area contributed by atoms with Gasteiger partial charge in [-0.15, -0.1) is 0 Å². The van der Waals surface area contributed by atoms with Gasteiger partial charge < -0.3 is 10.2 Å². The molecule has 1 aromatic carbocycles. The number of hydrogen-bond acceptors (Lipinski definition) is 4. The molecule has 2 rings (SSSR count). The molecule has 0 saturated carbocycles. The Hall–Kier alpha value is -1.60. The van der Waals surface area contributed by atoms with Crippen molar-refractivity contribution in [1.82, 2.24) is 4.90 Å². The number of hydrogen-bond donors (Lipinski definition) is 1. The van der Waals surface area contributed by atoms with Crippen LogP contribution in [0.25, 0.3) is 0 Å². The zero-order valence-corrected chi connectivity index (χ0v) is 15.5. The molecule has 0 radical (unpaired) electrons. The molecular weight excluding hydrogens is 352 g/mol. The van der Waals surface area contributed by atoms with E-state index in [9.17, 15) is 18.0 Å². The van der Waals surface area contributed by atoms with Crippen LogP contribution in [0.3, 0.4) is 0 Å². The van der Waals surface area contributed by atoms with Crippen molar-refractivity contribution in [2.75, 3.05) is 23.4 Å². The third kappa shape index (κ3) is 4.08. The number of rotatable bonds is 3. The second-order valence-corrected chi connectivity index (χ2v) is 8.68. The first kappa shape index (κ1) is 18.7. The molecular formula is C16H21ClN2O4S. The van der Waals surface area contributed by atoms with Crippen molar-refractivity contribution in [1.29, 1.82) is 0 Å². The monoisotopic (exact) mass is 372 g/mol. The molecule has 8 heteroatoms. The molecule has 1 aliphatic heterocycles. The molecule has 132 valence electrons. The van der Waals surface area contributed by atoms with Crippen molar-refractivity contribution in [3.63, 3.8) is 0 Å². The first-order valence-electron chi connectivity index (χ1n) is 7.73. The van der Waals surface area contributed by atoms with Gasteiger partial charge in [-0.05, 0) is 44.4 Å². The summed E-state index contributed by atoms with van der Waals surface area (Å²) in [6.45, 7) is 5.67. The van der Waals surface area contributed by atoms with E-state index in [1.807, 2.05) is 13.0 Å². The first-order chi connectivity index (χ1) is 11.1. The number of carbonyl (C=O) groups is 2. The largest absolute Gasteiger partial charge is 0.331 e. The molecule has 1 fully saturated rings. The molecule has 24 heavy (non-hydrogen) atoms. The Morgan fingerprint density at radius 1 is 1.33 bits per heavy atom. The fourth-order valence-electron chi connectivity index (χ4n) is 2.96. The maximum Gasteiger partial charge on any atom is 0.313 e. The van der Waals surface area contributed by atoms with Gasteiger partial charge in [0, 0.05) is 12.6 Å². The lowest BCUT2D eigenvalue weighted by molar-refractivity contribution is -0.144. The molecule has 0 aromatic heterocycles. The molecule has 1 heterocycles. The topological polar surface area (TPSA) is 83.6 Å². The third-order valence-corrected chi connectivity index (χ3v) is 6.16. The lowest BCUT2D eigenvalue weighted by Gasteiger charge is -2.26. The minimum atomic E-state index is -3.13. The lowest BCUT2D eigenvalue weighted by Crippen LogP contribution is -2.46. The average molecular weight is 373 g/mol. The SMILES string of the molecule is CCN(C(=O)C(=O)Nc1c(C)cc(C)cc1Cl)C1CCS(=O)(=O)C1. The van der Waals surface area contributed by atoms with Crippen LogP contribution in [0.1, 0.15) is 24.5 Å². The van der Waals surface area contributed by atoms with Crippen molar-refractivity contribution in [2.45, 2.75) is 33.2 Å². The summed E-state index contributed by atoms with van der Waals surface area (Å²) in [4.78, 5) is 26.1. The fraction of sp³-hybridized carbons (Fsp3) is 0.500. The first-order valence-corrected chi connectivity index (χ1v) is 9.93. The zero-order chi connectivity index (χ0) is 18.1. The Labute approximate surface area is 147 Å². The van der Waals surface area contributed by atoms with E-state index in [0.29, 0.717) is 17.1 Å². The fourth-order valence-corrected chi connectivity index (χ4v) is 5.06. The summed E-state index contributed by atoms with van der Waals surface area (Å²) in [7, 11) is -3.13. The predicted molar refractivity (Wildman–Crippen MR) is 94.0 cm³/mol. The summed E-state index contributed by atoms with van der Waals surface area (Å²) >= 11 is 6.14. The van der Waals surface area contributed by atoms with E-state index in [-0.39, 0.29) is 18.1 Å². The van der Waals surface area contributed by atoms with Gasteiger partial charge in [0.1, 0.15) is 0 Å². The van der Waals surface area contributed by atoms with Crippen molar-refractivity contribution >= 4 is 38.9 Å². The quantitative estimate of drug-likeness (QED) is 0.822. The average Bonchev–Trinajstić information content (AvgIpc) is 2.83. The van der Waals surface area contributed by atoms with Gasteiger partial charge in [-0.25, -0.2) is 8.42 Å². The Bertz CT molecular complexity index is 753. The van der Waals surface area contributed by atoms with E-state index in [1.54, 1.807) is 19.9 Å². The van der Waals surface area contributed by atoms with Crippen LogP contribution in [0.2, 0.25) is 5.02 Å². The molecule has 6 nitrogen and oxygen atoms in total. The van der Waals surface area contributed by atoms with Crippen LogP contribution in [0.5, 0.6) is 0 Å². The summed E-state index contributed by atoms with van der Waals surface area (Å²) in [6, 6.07) is 3.11. The van der Waals surface area contributed by atoms with Gasteiger partial charge in [0.05, 0.1) is 22.2 Å². The number of carbonyl (C=O) groups excluding carboxylic acids is 2. The van der Waals surface area contributed by atoms with Crippen LogP contribution in [0.4, 0.5) is 5.69 Å². The Morgan fingerprint density at radius 2 is 2.00 bits per heavy atom. The highest BCUT2D eigenvalue weighted by Crippen LogP contribution is 2.27. The number of nitrogens with zero attached hydrogens (tertiary/aromatic N) is 1. The van der Waals surface area contributed by atoms with Gasteiger partial charge in [-0.1, -0.05) is 17.7 Å². The molecule has 1 unspecified atom stereocenters. The molecule has 1 saturated heterocycles. The Balaban J connectivity index is 2.15. The number of sulfone groups is 1. The summed E-state index contributed by atoms with van der Waals surface area (Å²) in [5, 5.41) is 2.91. The van der Waals surface area contributed by atoms with Crippen LogP contribution in [-0.2, 0) is 19.4 Å². The number of amides is 2. The van der Waals surface area contributed by atoms with Gasteiger partial charge in [-0.2, -0.15) is 0 Å². The number of likely N-dealkylation sites (N-methyl/N-ethyl adjacent to an activating group) is 1. The maximum atomic E-state index is 12.4. The van der Waals surface area contributed by atoms with Crippen molar-refractivity contribution in [3.8, 4) is 0 Å². The van der Waals surface area contributed by atoms with Crippen molar-refractivity contribution in [3.05, 3.63) is 28.3 Å². The maximum absolute atomic E-state index is 12.4. The molecule has 2 amide bonds. The summed E-state index contributed by atoms with van der Waals surface area (Å²) in [5.41, 5.74) is 2.11. The summed E-state index contributed by atoms with van der Waals surface area (Å²) in [5.74, 6) is -1.60. The molecule has 0 aliphatic carbocycles. The van der Waals surface area contributed by atoms with Gasteiger partial charge in [0.15, 0.2) is 9.84 Å². The molecule has 1 aromatic rings. The number of aryl methyl sites for hydroxylation is 2. The third-order valence-electron chi connectivity index (χ3n) is 4.12. The molecule has 1 N–H and O–H groups in total. The predicted octanol–water partition coefficient (Wildman–Crippen LogP) is 1.93. The molecule has 0 spiro atoms. The number of anilines is 1. The van der Waals surface area contributed by atoms with Crippen molar-refractivity contribution < 1.29 is 18.0 Å². The molecule has 1 atom stereocenters. The van der Waals surface area contributed by atoms with E-state index in [0.717, 1.165) is 11.1 Å². The Kier molecular flexibility index (Phi) is 5.55. The van der Waals surface area contributed by atoms with E-state index < -0.39 is 27.7 Å². The normalized spacial score (nSPS) is 19.1. The second-order valence-electron chi connectivity index (χ2n) is 6.04. The highest BCUT2D eigenvalue weighted by Gasteiger charge is 2.36. The highest BCUT2D eigenvalue weighted by atomic mass is 35.5. The highest BCUT2D eigenvalue weighted by molar-refractivity contribution is 7.91. The zero-order valence-electron chi connectivity index (χ0n) is 13.9. The van der Waals surface area contributed by atoms with Gasteiger partial charge in [0.2, 0.25) is 0 Å². The van der Waals surface area contributed by atoms with Crippen LogP contribution < -0.4 is 5.32 Å². The molecule has 1 aliphatic rings. The lowest BCUT2D eigenvalue weighted by atomic mass is 10.1. The Morgan fingerprint density at radius 3 is 2.50 bits per heavy atom. The minimum Gasteiger partial charge on any atom is -0.331 e. The van der Waals surface area contributed by atoms with E-state index >= 15 is 0 Å². The molecule has 0 bridgehead atoms. The number of nitrogens with one attached hydrogen (secondary N) is 1. The van der Waals surface area contributed by atoms with Crippen LogP contribution in [0.15, 0.2) is 12.1 Å². The van der Waals surface area contributed by atoms with E-state index in [4.69, 9.17) is 11.6 Å².